The monoisotopic (exact) mass is 596 g/mol. The third kappa shape index (κ3) is 4.58. The quantitative estimate of drug-likeness (QED) is 0.191. The number of hydrogen-bond donors (Lipinski definition) is 2. The van der Waals surface area contributed by atoms with Crippen molar-refractivity contribution in [3.8, 4) is 5.75 Å². The molecule has 7 rings (SSSR count). The zero-order valence-corrected chi connectivity index (χ0v) is 24.8. The number of Topliss-reactive ketones (excluding diaryl/α,β-unsaturated/α-hetero) is 1. The fourth-order valence-electron chi connectivity index (χ4n) is 7.52. The summed E-state index contributed by atoms with van der Waals surface area (Å²) in [5.74, 6) is -3.47. The number of imide groups is 1. The second-order valence-corrected chi connectivity index (χ2v) is 12.1. The molecule has 0 aromatic heterocycles. The second-order valence-electron chi connectivity index (χ2n) is 12.1. The van der Waals surface area contributed by atoms with E-state index in [2.05, 4.69) is 11.9 Å². The van der Waals surface area contributed by atoms with Gasteiger partial charge in [-0.3, -0.25) is 24.1 Å². The van der Waals surface area contributed by atoms with Gasteiger partial charge in [0.25, 0.3) is 0 Å². The van der Waals surface area contributed by atoms with Crippen molar-refractivity contribution < 1.29 is 24.3 Å². The predicted octanol–water partition coefficient (Wildman–Crippen LogP) is 6.50. The van der Waals surface area contributed by atoms with Crippen LogP contribution in [0.5, 0.6) is 5.75 Å². The number of nitrogens with zero attached hydrogens (tertiary/aromatic N) is 1. The van der Waals surface area contributed by atoms with E-state index in [1.165, 1.54) is 11.0 Å². The molecule has 45 heavy (non-hydrogen) atoms. The molecule has 2 amide bonds. The number of amides is 2. The van der Waals surface area contributed by atoms with Gasteiger partial charge in [-0.15, -0.1) is 6.58 Å². The van der Waals surface area contributed by atoms with E-state index in [9.17, 15) is 24.3 Å². The molecule has 7 nitrogen and oxygen atoms in total. The van der Waals surface area contributed by atoms with Gasteiger partial charge in [0.05, 0.1) is 17.5 Å². The SMILES string of the molecule is C=CCc1cccc([C@H]2C3=CC[C@@H]4C(=O)N(c5ccc(Nc6ccccc6)cc5)C(=O)[C@@H]4[C@@H]3CC3=C2C(=O)C(C)=CC3=O)c1O. The molecule has 0 unspecified atom stereocenters. The molecule has 224 valence electrons. The van der Waals surface area contributed by atoms with Crippen molar-refractivity contribution in [1.82, 2.24) is 0 Å². The number of para-hydroxylation sites is 2. The first-order chi connectivity index (χ1) is 21.8. The van der Waals surface area contributed by atoms with Crippen LogP contribution in [-0.4, -0.2) is 28.5 Å². The predicted molar refractivity (Wildman–Crippen MR) is 172 cm³/mol. The Kier molecular flexibility index (Phi) is 6.96. The van der Waals surface area contributed by atoms with Crippen molar-refractivity contribution >= 4 is 40.4 Å². The number of fused-ring (bicyclic) bond motifs is 3. The number of phenolic OH excluding ortho intramolecular Hbond substituents is 1. The maximum absolute atomic E-state index is 14.2. The third-order valence-corrected chi connectivity index (χ3v) is 9.58. The minimum Gasteiger partial charge on any atom is -0.507 e. The number of carbonyl (C=O) groups is 4. The molecule has 7 heteroatoms. The Morgan fingerprint density at radius 3 is 2.38 bits per heavy atom. The van der Waals surface area contributed by atoms with Gasteiger partial charge in [0.15, 0.2) is 11.6 Å². The summed E-state index contributed by atoms with van der Waals surface area (Å²) in [6.07, 6.45) is 5.97. The number of hydrogen-bond acceptors (Lipinski definition) is 6. The largest absolute Gasteiger partial charge is 0.507 e. The van der Waals surface area contributed by atoms with Crippen molar-refractivity contribution in [3.63, 3.8) is 0 Å². The van der Waals surface area contributed by atoms with Crippen LogP contribution >= 0.6 is 0 Å². The summed E-state index contributed by atoms with van der Waals surface area (Å²) in [6, 6.07) is 22.3. The highest BCUT2D eigenvalue weighted by Crippen LogP contribution is 2.56. The summed E-state index contributed by atoms with van der Waals surface area (Å²) in [4.78, 5) is 56.4. The van der Waals surface area contributed by atoms with Gasteiger partial charge in [-0.25, -0.2) is 0 Å². The van der Waals surface area contributed by atoms with E-state index >= 15 is 0 Å². The molecular weight excluding hydrogens is 564 g/mol. The van der Waals surface area contributed by atoms with Crippen molar-refractivity contribution in [1.29, 1.82) is 0 Å². The lowest BCUT2D eigenvalue weighted by molar-refractivity contribution is -0.123. The van der Waals surface area contributed by atoms with Crippen LogP contribution in [0.1, 0.15) is 36.8 Å². The van der Waals surface area contributed by atoms with Crippen LogP contribution in [0.4, 0.5) is 17.1 Å². The topological polar surface area (TPSA) is 104 Å². The highest BCUT2D eigenvalue weighted by Gasteiger charge is 2.56. The van der Waals surface area contributed by atoms with Crippen molar-refractivity contribution in [2.45, 2.75) is 32.1 Å². The van der Waals surface area contributed by atoms with E-state index in [4.69, 9.17) is 0 Å². The van der Waals surface area contributed by atoms with Gasteiger partial charge in [0, 0.05) is 39.6 Å². The molecule has 0 radical (unpaired) electrons. The van der Waals surface area contributed by atoms with Gasteiger partial charge in [0.1, 0.15) is 5.75 Å². The summed E-state index contributed by atoms with van der Waals surface area (Å²) >= 11 is 0. The summed E-state index contributed by atoms with van der Waals surface area (Å²) in [6.45, 7) is 5.42. The highest BCUT2D eigenvalue weighted by atomic mass is 16.3. The minimum absolute atomic E-state index is 0.0463. The Labute approximate surface area is 261 Å². The Hall–Kier alpha value is -5.30. The van der Waals surface area contributed by atoms with Gasteiger partial charge >= 0.3 is 0 Å². The molecular formula is C38H32N2O5. The molecule has 3 aromatic carbocycles. The van der Waals surface area contributed by atoms with Crippen LogP contribution in [0.3, 0.4) is 0 Å². The lowest BCUT2D eigenvalue weighted by atomic mass is 9.59. The maximum Gasteiger partial charge on any atom is 0.238 e. The van der Waals surface area contributed by atoms with E-state index in [1.807, 2.05) is 54.6 Å². The van der Waals surface area contributed by atoms with Gasteiger partial charge < -0.3 is 10.4 Å². The Balaban J connectivity index is 1.27. The Morgan fingerprint density at radius 2 is 1.64 bits per heavy atom. The van der Waals surface area contributed by atoms with Gasteiger partial charge in [-0.2, -0.15) is 0 Å². The summed E-state index contributed by atoms with van der Waals surface area (Å²) in [5, 5.41) is 14.7. The van der Waals surface area contributed by atoms with Crippen LogP contribution in [0.2, 0.25) is 0 Å². The van der Waals surface area contributed by atoms with Gasteiger partial charge in [0.2, 0.25) is 11.8 Å². The first kappa shape index (κ1) is 28.5. The molecule has 3 aromatic rings. The Morgan fingerprint density at radius 1 is 0.911 bits per heavy atom. The number of anilines is 3. The lowest BCUT2D eigenvalue weighted by Crippen LogP contribution is -2.39. The zero-order valence-electron chi connectivity index (χ0n) is 24.8. The average molecular weight is 597 g/mol. The number of nitrogens with one attached hydrogen (secondary N) is 1. The van der Waals surface area contributed by atoms with Crippen LogP contribution in [0, 0.1) is 17.8 Å². The smallest absolute Gasteiger partial charge is 0.238 e. The molecule has 3 aliphatic carbocycles. The van der Waals surface area contributed by atoms with Crippen LogP contribution in [0.25, 0.3) is 0 Å². The van der Waals surface area contributed by atoms with E-state index in [0.717, 1.165) is 16.9 Å². The molecule has 1 fully saturated rings. The number of benzene rings is 3. The first-order valence-electron chi connectivity index (χ1n) is 15.2. The van der Waals surface area contributed by atoms with Gasteiger partial charge in [-0.05, 0) is 80.1 Å². The highest BCUT2D eigenvalue weighted by molar-refractivity contribution is 6.25. The van der Waals surface area contributed by atoms with Crippen LogP contribution in [0.15, 0.2) is 120 Å². The number of ketones is 2. The van der Waals surface area contributed by atoms with E-state index < -0.39 is 23.7 Å². The third-order valence-electron chi connectivity index (χ3n) is 9.58. The molecule has 4 aliphatic rings. The normalized spacial score (nSPS) is 24.1. The van der Waals surface area contributed by atoms with Crippen molar-refractivity contribution in [3.05, 3.63) is 131 Å². The maximum atomic E-state index is 14.2. The standard InChI is InChI=1S/C38H32N2O5/c1-3-8-22-9-7-12-27(36(22)43)32-26-17-18-28-33(29(26)20-30-31(41)19-21(2)35(42)34(30)32)38(45)40(37(28)44)25-15-13-24(14-16-25)39-23-10-5-4-6-11-23/h3-7,9-17,19,28-29,32-33,39,43H,1,8,18,20H2,2H3/t28-,29+,32+,33-/m0/s1. The fraction of sp³-hybridized carbons (Fsp3) is 0.211. The molecule has 4 atom stereocenters. The molecule has 1 heterocycles. The Bertz CT molecular complexity index is 1880. The molecule has 2 N–H and O–H groups in total. The molecule has 1 saturated heterocycles. The van der Waals surface area contributed by atoms with E-state index in [0.29, 0.717) is 46.4 Å². The number of phenols is 1. The fourth-order valence-corrected chi connectivity index (χ4v) is 7.52. The number of rotatable bonds is 6. The van der Waals surface area contributed by atoms with E-state index in [1.54, 1.807) is 37.3 Å². The lowest BCUT2D eigenvalue weighted by Gasteiger charge is -2.42. The second kappa shape index (κ2) is 11.0. The number of allylic oxidation sites excluding steroid dienone is 7. The zero-order chi connectivity index (χ0) is 31.4. The number of aromatic hydroxyl groups is 1. The molecule has 0 spiro atoms. The van der Waals surface area contributed by atoms with Crippen LogP contribution < -0.4 is 10.2 Å². The minimum atomic E-state index is -0.704. The van der Waals surface area contributed by atoms with Gasteiger partial charge in [-0.1, -0.05) is 54.1 Å². The first-order valence-corrected chi connectivity index (χ1v) is 15.2. The summed E-state index contributed by atoms with van der Waals surface area (Å²) in [5.41, 5.74) is 5.29. The summed E-state index contributed by atoms with van der Waals surface area (Å²) < 4.78 is 0. The number of carbonyl (C=O) groups excluding carboxylic acids is 4. The molecule has 1 aliphatic heterocycles. The molecule has 0 bridgehead atoms. The molecule has 0 saturated carbocycles. The van der Waals surface area contributed by atoms with E-state index in [-0.39, 0.29) is 35.6 Å². The van der Waals surface area contributed by atoms with Crippen molar-refractivity contribution in [2.24, 2.45) is 17.8 Å². The average Bonchev–Trinajstić information content (AvgIpc) is 3.30. The van der Waals surface area contributed by atoms with Crippen molar-refractivity contribution in [2.75, 3.05) is 10.2 Å². The summed E-state index contributed by atoms with van der Waals surface area (Å²) in [7, 11) is 0. The van der Waals surface area contributed by atoms with Crippen LogP contribution in [-0.2, 0) is 25.6 Å².